The zero-order valence-electron chi connectivity index (χ0n) is 16.5. The molecule has 0 spiro atoms. The van der Waals surface area contributed by atoms with Gasteiger partial charge in [-0.1, -0.05) is 12.1 Å². The Bertz CT molecular complexity index is 1060. The van der Waals surface area contributed by atoms with Gasteiger partial charge in [0.1, 0.15) is 13.2 Å². The first kappa shape index (κ1) is 22.9. The molecule has 0 radical (unpaired) electrons. The van der Waals surface area contributed by atoms with Crippen LogP contribution in [0.5, 0.6) is 11.5 Å². The monoisotopic (exact) mass is 458 g/mol. The van der Waals surface area contributed by atoms with Crippen LogP contribution in [0.3, 0.4) is 0 Å². The Labute approximate surface area is 177 Å². The second kappa shape index (κ2) is 9.15. The maximum absolute atomic E-state index is 12.8. The van der Waals surface area contributed by atoms with E-state index in [1.807, 2.05) is 0 Å². The Hall–Kier alpha value is -2.79. The number of rotatable bonds is 7. The molecule has 168 valence electrons. The van der Waals surface area contributed by atoms with E-state index < -0.39 is 33.7 Å². The van der Waals surface area contributed by atoms with Crippen molar-refractivity contribution in [1.82, 2.24) is 10.0 Å². The molecule has 1 heterocycles. The van der Waals surface area contributed by atoms with Crippen molar-refractivity contribution in [2.45, 2.75) is 30.5 Å². The van der Waals surface area contributed by atoms with Crippen molar-refractivity contribution in [3.63, 3.8) is 0 Å². The molecule has 1 amide bonds. The molecule has 0 saturated carbocycles. The predicted octanol–water partition coefficient (Wildman–Crippen LogP) is 3.02. The number of carbonyl (C=O) groups is 1. The summed E-state index contributed by atoms with van der Waals surface area (Å²) in [6.07, 6.45) is -4.67. The fourth-order valence-corrected chi connectivity index (χ4v) is 4.00. The molecule has 2 aromatic carbocycles. The number of alkyl halides is 3. The van der Waals surface area contributed by atoms with E-state index in [0.717, 1.165) is 12.1 Å². The van der Waals surface area contributed by atoms with E-state index in [1.165, 1.54) is 30.3 Å². The van der Waals surface area contributed by atoms with Crippen LogP contribution in [0.15, 0.2) is 47.4 Å². The average molecular weight is 458 g/mol. The molecule has 1 aliphatic rings. The summed E-state index contributed by atoms with van der Waals surface area (Å²) < 4.78 is 76.4. The zero-order chi connectivity index (χ0) is 22.6. The van der Waals surface area contributed by atoms with Crippen LogP contribution in [0.1, 0.15) is 30.5 Å². The summed E-state index contributed by atoms with van der Waals surface area (Å²) in [7, 11) is -3.88. The van der Waals surface area contributed by atoms with Gasteiger partial charge >= 0.3 is 6.18 Å². The Kier molecular flexibility index (Phi) is 6.75. The zero-order valence-corrected chi connectivity index (χ0v) is 17.3. The van der Waals surface area contributed by atoms with Gasteiger partial charge in [-0.25, -0.2) is 13.1 Å². The Balaban J connectivity index is 1.54. The number of sulfonamides is 1. The number of carbonyl (C=O) groups excluding carboxylic acids is 1. The van der Waals surface area contributed by atoms with E-state index in [9.17, 15) is 26.4 Å². The van der Waals surface area contributed by atoms with E-state index in [-0.39, 0.29) is 17.9 Å². The number of amides is 1. The SMILES string of the molecule is C[C@@H](NC(=O)CCNS(=O)(=O)c1ccc2c(c1)OCCO2)c1cccc(C(F)(F)F)c1. The summed E-state index contributed by atoms with van der Waals surface area (Å²) in [4.78, 5) is 12.1. The third-order valence-corrected chi connectivity index (χ3v) is 6.02. The minimum Gasteiger partial charge on any atom is -0.486 e. The van der Waals surface area contributed by atoms with Crippen LogP contribution in [0, 0.1) is 0 Å². The largest absolute Gasteiger partial charge is 0.486 e. The molecule has 2 aromatic rings. The van der Waals surface area contributed by atoms with E-state index in [1.54, 1.807) is 6.92 Å². The highest BCUT2D eigenvalue weighted by atomic mass is 32.2. The van der Waals surface area contributed by atoms with E-state index in [0.29, 0.717) is 30.3 Å². The summed E-state index contributed by atoms with van der Waals surface area (Å²) >= 11 is 0. The molecule has 1 aliphatic heterocycles. The third kappa shape index (κ3) is 5.88. The fourth-order valence-electron chi connectivity index (χ4n) is 2.95. The summed E-state index contributed by atoms with van der Waals surface area (Å²) in [5, 5.41) is 2.56. The van der Waals surface area contributed by atoms with Crippen LogP contribution < -0.4 is 19.5 Å². The second-order valence-electron chi connectivity index (χ2n) is 6.87. The van der Waals surface area contributed by atoms with Gasteiger partial charge in [0.05, 0.1) is 16.5 Å². The van der Waals surface area contributed by atoms with Gasteiger partial charge in [0, 0.05) is 19.0 Å². The molecular weight excluding hydrogens is 437 g/mol. The topological polar surface area (TPSA) is 93.7 Å². The molecule has 0 fully saturated rings. The van der Waals surface area contributed by atoms with Gasteiger partial charge in [0.15, 0.2) is 11.5 Å². The summed E-state index contributed by atoms with van der Waals surface area (Å²) in [5.41, 5.74) is -0.515. The number of fused-ring (bicyclic) bond motifs is 1. The summed E-state index contributed by atoms with van der Waals surface area (Å²) in [6.45, 7) is 2.06. The summed E-state index contributed by atoms with van der Waals surface area (Å²) in [5.74, 6) is 0.268. The highest BCUT2D eigenvalue weighted by Crippen LogP contribution is 2.32. The highest BCUT2D eigenvalue weighted by molar-refractivity contribution is 7.89. The highest BCUT2D eigenvalue weighted by Gasteiger charge is 2.30. The number of ether oxygens (including phenoxy) is 2. The minimum atomic E-state index is -4.48. The van der Waals surface area contributed by atoms with Gasteiger partial charge in [-0.15, -0.1) is 0 Å². The third-order valence-electron chi connectivity index (χ3n) is 4.56. The van der Waals surface area contributed by atoms with E-state index in [4.69, 9.17) is 9.47 Å². The van der Waals surface area contributed by atoms with Gasteiger partial charge in [0.2, 0.25) is 15.9 Å². The van der Waals surface area contributed by atoms with Crippen molar-refractivity contribution in [1.29, 1.82) is 0 Å². The fraction of sp³-hybridized carbons (Fsp3) is 0.350. The van der Waals surface area contributed by atoms with Crippen LogP contribution >= 0.6 is 0 Å². The number of hydrogen-bond acceptors (Lipinski definition) is 5. The lowest BCUT2D eigenvalue weighted by Crippen LogP contribution is -2.32. The number of hydrogen-bond donors (Lipinski definition) is 2. The number of benzene rings is 2. The molecule has 0 bridgehead atoms. The Morgan fingerprint density at radius 2 is 1.81 bits per heavy atom. The molecule has 0 aliphatic carbocycles. The van der Waals surface area contributed by atoms with Gasteiger partial charge in [0.25, 0.3) is 0 Å². The molecule has 2 N–H and O–H groups in total. The molecular formula is C20H21F3N2O5S. The smallest absolute Gasteiger partial charge is 0.416 e. The van der Waals surface area contributed by atoms with Crippen LogP contribution in [-0.2, 0) is 21.0 Å². The minimum absolute atomic E-state index is 0.0329. The van der Waals surface area contributed by atoms with Gasteiger partial charge in [-0.2, -0.15) is 13.2 Å². The molecule has 11 heteroatoms. The lowest BCUT2D eigenvalue weighted by molar-refractivity contribution is -0.137. The second-order valence-corrected chi connectivity index (χ2v) is 8.63. The van der Waals surface area contributed by atoms with Crippen molar-refractivity contribution < 1.29 is 35.9 Å². The van der Waals surface area contributed by atoms with Gasteiger partial charge in [-0.05, 0) is 36.8 Å². The first-order valence-corrected chi connectivity index (χ1v) is 10.9. The van der Waals surface area contributed by atoms with Crippen molar-refractivity contribution >= 4 is 15.9 Å². The standard InChI is InChI=1S/C20H21F3N2O5S/c1-13(14-3-2-4-15(11-14)20(21,22)23)25-19(26)7-8-24-31(27,28)16-5-6-17-18(12-16)30-10-9-29-17/h2-6,11-13,24H,7-10H2,1H3,(H,25,26)/t13-/m1/s1. The Morgan fingerprint density at radius 3 is 2.52 bits per heavy atom. The first-order chi connectivity index (χ1) is 14.6. The van der Waals surface area contributed by atoms with Crippen LogP contribution in [0.25, 0.3) is 0 Å². The van der Waals surface area contributed by atoms with Crippen LogP contribution in [0.2, 0.25) is 0 Å². The van der Waals surface area contributed by atoms with Crippen molar-refractivity contribution in [3.05, 3.63) is 53.6 Å². The molecule has 0 unspecified atom stereocenters. The van der Waals surface area contributed by atoms with E-state index >= 15 is 0 Å². The maximum Gasteiger partial charge on any atom is 0.416 e. The molecule has 7 nitrogen and oxygen atoms in total. The van der Waals surface area contributed by atoms with Gasteiger partial charge < -0.3 is 14.8 Å². The molecule has 0 saturated heterocycles. The maximum atomic E-state index is 12.8. The lowest BCUT2D eigenvalue weighted by Gasteiger charge is -2.19. The molecule has 31 heavy (non-hydrogen) atoms. The van der Waals surface area contributed by atoms with Crippen molar-refractivity contribution in [2.75, 3.05) is 19.8 Å². The van der Waals surface area contributed by atoms with E-state index in [2.05, 4.69) is 10.0 Å². The molecule has 3 rings (SSSR count). The normalized spacial score (nSPS) is 14.7. The average Bonchev–Trinajstić information content (AvgIpc) is 2.72. The van der Waals surface area contributed by atoms with Crippen molar-refractivity contribution in [2.24, 2.45) is 0 Å². The lowest BCUT2D eigenvalue weighted by atomic mass is 10.0. The quantitative estimate of drug-likeness (QED) is 0.665. The van der Waals surface area contributed by atoms with Crippen LogP contribution in [-0.4, -0.2) is 34.1 Å². The first-order valence-electron chi connectivity index (χ1n) is 9.42. The van der Waals surface area contributed by atoms with Crippen LogP contribution in [0.4, 0.5) is 13.2 Å². The molecule has 0 aromatic heterocycles. The summed E-state index contributed by atoms with van der Waals surface area (Å²) in [6, 6.07) is 8.18. The molecule has 1 atom stereocenters. The predicted molar refractivity (Wildman–Crippen MR) is 105 cm³/mol. The Morgan fingerprint density at radius 1 is 1.10 bits per heavy atom. The van der Waals surface area contributed by atoms with Crippen molar-refractivity contribution in [3.8, 4) is 11.5 Å². The number of halogens is 3. The van der Waals surface area contributed by atoms with Gasteiger partial charge in [-0.3, -0.25) is 4.79 Å². The number of nitrogens with one attached hydrogen (secondary N) is 2.